The normalized spacial score (nSPS) is 12.0. The Balaban J connectivity index is 1.85. The van der Waals surface area contributed by atoms with Crippen LogP contribution < -0.4 is 9.75 Å². The van der Waals surface area contributed by atoms with Crippen LogP contribution in [0.2, 0.25) is 19.6 Å². The Morgan fingerprint density at radius 2 is 1.43 bits per heavy atom. The second kappa shape index (κ2) is 7.24. The highest BCUT2D eigenvalue weighted by atomic mass is 28.3. The summed E-state index contributed by atoms with van der Waals surface area (Å²) in [7, 11) is 3.00. The van der Waals surface area contributed by atoms with Gasteiger partial charge >= 0.3 is 0 Å². The van der Waals surface area contributed by atoms with E-state index in [4.69, 9.17) is 0 Å². The van der Waals surface area contributed by atoms with Gasteiger partial charge in [-0.3, -0.25) is 0 Å². The molecule has 4 rings (SSSR count). The van der Waals surface area contributed by atoms with Gasteiger partial charge in [0.05, 0.1) is 27.7 Å². The number of nitrogens with zero attached hydrogens (tertiary/aromatic N) is 2. The van der Waals surface area contributed by atoms with Crippen LogP contribution in [0.4, 0.5) is 0 Å². The van der Waals surface area contributed by atoms with Crippen molar-refractivity contribution in [2.75, 3.05) is 0 Å². The molecule has 30 heavy (non-hydrogen) atoms. The van der Waals surface area contributed by atoms with Crippen molar-refractivity contribution in [2.45, 2.75) is 40.4 Å². The van der Waals surface area contributed by atoms with E-state index in [1.54, 1.807) is 0 Å². The molecule has 0 saturated carbocycles. The number of hydrogen-bond acceptors (Lipinski definition) is 0. The van der Waals surface area contributed by atoms with Crippen molar-refractivity contribution in [3.63, 3.8) is 0 Å². The molecule has 0 aliphatic carbocycles. The molecule has 0 saturated heterocycles. The van der Waals surface area contributed by atoms with Gasteiger partial charge in [-0.25, -0.2) is 9.13 Å². The second-order valence-electron chi connectivity index (χ2n) is 9.70. The zero-order valence-corrected chi connectivity index (χ0v) is 20.6. The maximum absolute atomic E-state index is 2.42. The summed E-state index contributed by atoms with van der Waals surface area (Å²) in [6.45, 7) is 14.0. The molecule has 0 N–H and O–H groups in total. The first-order chi connectivity index (χ1) is 14.1. The van der Waals surface area contributed by atoms with Crippen molar-refractivity contribution < 1.29 is 4.57 Å². The van der Waals surface area contributed by atoms with E-state index in [2.05, 4.69) is 118 Å². The number of imidazole rings is 1. The minimum absolute atomic E-state index is 1.24. The zero-order chi connectivity index (χ0) is 21.8. The van der Waals surface area contributed by atoms with Gasteiger partial charge in [0.2, 0.25) is 0 Å². The van der Waals surface area contributed by atoms with E-state index in [0.717, 1.165) is 0 Å². The standard InChI is InChI=1S/C27H33N2Si/c1-18-15-21(26-19(2)16-22(17-20(26)3)30(6,7)8)13-14-23(18)27-28(4)24-11-9-10-12-25(24)29(27)5/h9-17H,1-8H3/q+1. The van der Waals surface area contributed by atoms with Gasteiger partial charge in [0.15, 0.2) is 11.0 Å². The van der Waals surface area contributed by atoms with Gasteiger partial charge in [-0.1, -0.05) is 61.2 Å². The average Bonchev–Trinajstić information content (AvgIpc) is 2.92. The third-order valence-electron chi connectivity index (χ3n) is 6.39. The number of rotatable bonds is 3. The van der Waals surface area contributed by atoms with Gasteiger partial charge < -0.3 is 0 Å². The SMILES string of the molecule is Cc1cc(-c2c(C)cc([Si](C)(C)C)cc2C)ccc1-c1n(C)c2ccccc2[n+]1C. The van der Waals surface area contributed by atoms with E-state index in [1.165, 1.54) is 55.4 Å². The lowest BCUT2D eigenvalue weighted by Crippen LogP contribution is -2.38. The molecule has 0 fully saturated rings. The van der Waals surface area contributed by atoms with Gasteiger partial charge in [-0.15, -0.1) is 0 Å². The number of aryl methyl sites for hydroxylation is 5. The molecule has 0 unspecified atom stereocenters. The molecule has 0 radical (unpaired) electrons. The van der Waals surface area contributed by atoms with E-state index in [-0.39, 0.29) is 0 Å². The highest BCUT2D eigenvalue weighted by Gasteiger charge is 2.24. The van der Waals surface area contributed by atoms with E-state index in [0.29, 0.717) is 0 Å². The zero-order valence-electron chi connectivity index (χ0n) is 19.6. The van der Waals surface area contributed by atoms with Gasteiger partial charge in [-0.2, -0.15) is 0 Å². The second-order valence-corrected chi connectivity index (χ2v) is 14.8. The fourth-order valence-corrected chi connectivity index (χ4v) is 6.07. The summed E-state index contributed by atoms with van der Waals surface area (Å²) >= 11 is 0. The molecule has 1 aromatic heterocycles. The van der Waals surface area contributed by atoms with Crippen LogP contribution in [-0.4, -0.2) is 12.6 Å². The average molecular weight is 414 g/mol. The molecule has 0 bridgehead atoms. The molecule has 0 amide bonds. The third-order valence-corrected chi connectivity index (χ3v) is 8.42. The van der Waals surface area contributed by atoms with Gasteiger partial charge in [0.1, 0.15) is 0 Å². The summed E-state index contributed by atoms with van der Waals surface area (Å²) in [6.07, 6.45) is 0. The Morgan fingerprint density at radius 1 is 0.800 bits per heavy atom. The number of hydrogen-bond donors (Lipinski definition) is 0. The summed E-state index contributed by atoms with van der Waals surface area (Å²) in [5.41, 5.74) is 10.6. The Morgan fingerprint density at radius 3 is 2.00 bits per heavy atom. The molecule has 2 nitrogen and oxygen atoms in total. The van der Waals surface area contributed by atoms with E-state index in [1.807, 2.05) is 0 Å². The van der Waals surface area contributed by atoms with E-state index >= 15 is 0 Å². The first-order valence-corrected chi connectivity index (χ1v) is 14.3. The summed E-state index contributed by atoms with van der Waals surface area (Å²) in [4.78, 5) is 0. The monoisotopic (exact) mass is 413 g/mol. The Labute approximate surface area is 181 Å². The lowest BCUT2D eigenvalue weighted by Gasteiger charge is -2.21. The van der Waals surface area contributed by atoms with E-state index in [9.17, 15) is 0 Å². The molecule has 4 aromatic rings. The van der Waals surface area contributed by atoms with Crippen LogP contribution in [0.1, 0.15) is 16.7 Å². The number of fused-ring (bicyclic) bond motifs is 1. The van der Waals surface area contributed by atoms with Crippen LogP contribution in [0, 0.1) is 20.8 Å². The molecule has 0 aliphatic heterocycles. The van der Waals surface area contributed by atoms with E-state index < -0.39 is 8.07 Å². The van der Waals surface area contributed by atoms with Crippen LogP contribution in [0.25, 0.3) is 33.5 Å². The maximum Gasteiger partial charge on any atom is 0.289 e. The lowest BCUT2D eigenvalue weighted by atomic mass is 9.93. The smallest absolute Gasteiger partial charge is 0.226 e. The van der Waals surface area contributed by atoms with Crippen LogP contribution in [0.5, 0.6) is 0 Å². The van der Waals surface area contributed by atoms with Crippen LogP contribution >= 0.6 is 0 Å². The van der Waals surface area contributed by atoms with Crippen LogP contribution in [-0.2, 0) is 14.1 Å². The predicted molar refractivity (Wildman–Crippen MR) is 132 cm³/mol. The number of para-hydroxylation sites is 2. The highest BCUT2D eigenvalue weighted by Crippen LogP contribution is 2.32. The summed E-state index contributed by atoms with van der Waals surface area (Å²) in [5.74, 6) is 1.24. The topological polar surface area (TPSA) is 8.81 Å². The van der Waals surface area contributed by atoms with Crippen molar-refractivity contribution >= 4 is 24.3 Å². The Hall–Kier alpha value is -2.65. The highest BCUT2D eigenvalue weighted by molar-refractivity contribution is 6.88. The van der Waals surface area contributed by atoms with Crippen molar-refractivity contribution in [1.82, 2.24) is 4.57 Å². The molecule has 154 valence electrons. The summed E-state index contributed by atoms with van der Waals surface area (Å²) < 4.78 is 4.60. The van der Waals surface area contributed by atoms with Crippen molar-refractivity contribution in [3.8, 4) is 22.5 Å². The lowest BCUT2D eigenvalue weighted by molar-refractivity contribution is -0.634. The summed E-state index contributed by atoms with van der Waals surface area (Å²) in [5, 5.41) is 1.54. The van der Waals surface area contributed by atoms with Crippen LogP contribution in [0.3, 0.4) is 0 Å². The minimum atomic E-state index is -1.32. The maximum atomic E-state index is 2.42. The molecular weight excluding hydrogens is 380 g/mol. The van der Waals surface area contributed by atoms with Crippen LogP contribution in [0.15, 0.2) is 54.6 Å². The fraction of sp³-hybridized carbons (Fsp3) is 0.296. The first kappa shape index (κ1) is 20.6. The largest absolute Gasteiger partial charge is 0.289 e. The molecule has 0 spiro atoms. The van der Waals surface area contributed by atoms with Gasteiger partial charge in [-0.05, 0) is 66.8 Å². The Kier molecular flexibility index (Phi) is 4.98. The van der Waals surface area contributed by atoms with Crippen molar-refractivity contribution in [1.29, 1.82) is 0 Å². The molecule has 3 aromatic carbocycles. The number of aromatic nitrogens is 2. The minimum Gasteiger partial charge on any atom is -0.226 e. The van der Waals surface area contributed by atoms with Crippen molar-refractivity contribution in [3.05, 3.63) is 71.3 Å². The van der Waals surface area contributed by atoms with Crippen molar-refractivity contribution in [2.24, 2.45) is 14.1 Å². The fourth-order valence-electron chi connectivity index (χ4n) is 4.77. The quantitative estimate of drug-likeness (QED) is 0.296. The van der Waals surface area contributed by atoms with Gasteiger partial charge in [0.25, 0.3) is 5.82 Å². The Bertz CT molecular complexity index is 1210. The third kappa shape index (κ3) is 3.31. The molecule has 1 heterocycles. The molecule has 3 heteroatoms. The van der Waals surface area contributed by atoms with Gasteiger partial charge in [0, 0.05) is 0 Å². The predicted octanol–water partition coefficient (Wildman–Crippen LogP) is 5.81. The molecular formula is C27H33N2Si+. The molecule has 0 aliphatic rings. The summed E-state index contributed by atoms with van der Waals surface area (Å²) in [6, 6.07) is 20.4. The first-order valence-electron chi connectivity index (χ1n) is 10.8. The molecule has 0 atom stereocenters. The number of benzene rings is 3.